The smallest absolute Gasteiger partial charge is 0.201 e. The van der Waals surface area contributed by atoms with E-state index >= 15 is 0 Å². The SMILES string of the molecule is CC.CC(=NC1CCN(C#N)CC1)/C(=N\N)c1cc(OC(C)/C(N)=C/C=S)n2c(C#N)cnc2c1. The third-order valence-corrected chi connectivity index (χ3v) is 5.58. The highest BCUT2D eigenvalue weighted by atomic mass is 32.1. The van der Waals surface area contributed by atoms with Crippen LogP contribution in [0.25, 0.3) is 5.65 Å². The molecule has 0 aromatic carbocycles. The number of thiocarbonyl (C=S) groups is 1. The summed E-state index contributed by atoms with van der Waals surface area (Å²) in [6.45, 7) is 8.99. The van der Waals surface area contributed by atoms with E-state index in [0.29, 0.717) is 53.0 Å². The average Bonchev–Trinajstić information content (AvgIpc) is 3.30. The molecule has 2 aromatic rings. The number of hydrazone groups is 1. The molecule has 0 bridgehead atoms. The van der Waals surface area contributed by atoms with Crippen LogP contribution in [-0.4, -0.2) is 56.3 Å². The Morgan fingerprint density at radius 3 is 2.57 bits per heavy atom. The Kier molecular flexibility index (Phi) is 10.2. The summed E-state index contributed by atoms with van der Waals surface area (Å²) in [6.07, 6.45) is 6.29. The van der Waals surface area contributed by atoms with Crippen molar-refractivity contribution in [3.63, 3.8) is 0 Å². The number of nitrogens with zero attached hydrogens (tertiary/aromatic N) is 7. The summed E-state index contributed by atoms with van der Waals surface area (Å²) in [5, 5.41) is 23.9. The lowest BCUT2D eigenvalue weighted by Crippen LogP contribution is -2.32. The molecule has 1 aliphatic heterocycles. The van der Waals surface area contributed by atoms with Crippen LogP contribution in [-0.2, 0) is 0 Å². The van der Waals surface area contributed by atoms with Gasteiger partial charge in [0.1, 0.15) is 29.2 Å². The monoisotopic (exact) mass is 493 g/mol. The minimum atomic E-state index is -0.505. The van der Waals surface area contributed by atoms with Crippen molar-refractivity contribution in [2.75, 3.05) is 13.1 Å². The van der Waals surface area contributed by atoms with Crippen molar-refractivity contribution in [2.45, 2.75) is 52.7 Å². The highest BCUT2D eigenvalue weighted by Gasteiger charge is 2.21. The first kappa shape index (κ1) is 27.3. The quantitative estimate of drug-likeness (QED) is 0.149. The van der Waals surface area contributed by atoms with Crippen LogP contribution in [0.3, 0.4) is 0 Å². The standard InChI is InChI=1S/C22H25N9OS.C2H6/c1-14(28-17-3-6-30(13-24)7-4-17)22(29-26)16-9-20-27-12-18(11-23)31(20)21(10-16)32-15(2)19(25)5-8-33;1-2/h5,8-10,12,15,17H,3-4,6-7,25-26H2,1-2H3;1-2H3/b19-5-,28-14?,29-22+;. The Morgan fingerprint density at radius 2 is 2.00 bits per heavy atom. The van der Waals surface area contributed by atoms with Crippen molar-refractivity contribution in [2.24, 2.45) is 21.7 Å². The number of aromatic nitrogens is 2. The van der Waals surface area contributed by atoms with Gasteiger partial charge in [-0.1, -0.05) is 26.1 Å². The van der Waals surface area contributed by atoms with Crippen LogP contribution in [0.5, 0.6) is 5.88 Å². The summed E-state index contributed by atoms with van der Waals surface area (Å²) >= 11 is 4.84. The summed E-state index contributed by atoms with van der Waals surface area (Å²) in [7, 11) is 0. The molecule has 184 valence electrons. The summed E-state index contributed by atoms with van der Waals surface area (Å²) < 4.78 is 7.67. The first-order valence-corrected chi connectivity index (χ1v) is 11.9. The lowest BCUT2D eigenvalue weighted by molar-refractivity contribution is 0.242. The van der Waals surface area contributed by atoms with Gasteiger partial charge in [0.25, 0.3) is 0 Å². The van der Waals surface area contributed by atoms with Crippen LogP contribution in [0.15, 0.2) is 40.2 Å². The molecular weight excluding hydrogens is 462 g/mol. The van der Waals surface area contributed by atoms with Crippen molar-refractivity contribution in [1.29, 1.82) is 10.5 Å². The van der Waals surface area contributed by atoms with E-state index in [1.165, 1.54) is 11.6 Å². The fourth-order valence-corrected chi connectivity index (χ4v) is 3.81. The molecule has 4 N–H and O–H groups in total. The van der Waals surface area contributed by atoms with Gasteiger partial charge in [-0.2, -0.15) is 15.6 Å². The van der Waals surface area contributed by atoms with E-state index in [1.54, 1.807) is 34.4 Å². The van der Waals surface area contributed by atoms with Crippen LogP contribution >= 0.6 is 12.2 Å². The van der Waals surface area contributed by atoms with Gasteiger partial charge >= 0.3 is 0 Å². The Bertz CT molecular complexity index is 1210. The number of pyridine rings is 1. The fourth-order valence-electron chi connectivity index (χ4n) is 3.65. The second-order valence-electron chi connectivity index (χ2n) is 7.60. The molecule has 11 heteroatoms. The number of rotatable bonds is 7. The van der Waals surface area contributed by atoms with Crippen LogP contribution in [0.4, 0.5) is 0 Å². The number of hydrogen-bond acceptors (Lipinski definition) is 10. The maximum Gasteiger partial charge on any atom is 0.201 e. The lowest BCUT2D eigenvalue weighted by Gasteiger charge is -2.26. The predicted molar refractivity (Wildman–Crippen MR) is 141 cm³/mol. The van der Waals surface area contributed by atoms with Crippen LogP contribution in [0.1, 0.15) is 51.8 Å². The van der Waals surface area contributed by atoms with Gasteiger partial charge in [0.15, 0.2) is 6.19 Å². The molecular formula is C24H31N9OS. The normalized spacial score (nSPS) is 16.1. The molecule has 1 atom stereocenters. The molecule has 3 heterocycles. The fraction of sp³-hybridized carbons (Fsp3) is 0.417. The zero-order valence-electron chi connectivity index (χ0n) is 20.5. The van der Waals surface area contributed by atoms with E-state index in [1.807, 2.05) is 20.8 Å². The molecule has 35 heavy (non-hydrogen) atoms. The van der Waals surface area contributed by atoms with Crippen LogP contribution in [0.2, 0.25) is 0 Å². The van der Waals surface area contributed by atoms with Gasteiger partial charge in [0.2, 0.25) is 5.88 Å². The summed E-state index contributed by atoms with van der Waals surface area (Å²) in [5.41, 5.74) is 9.09. The minimum Gasteiger partial charge on any atom is -0.469 e. The van der Waals surface area contributed by atoms with E-state index in [0.717, 1.165) is 12.8 Å². The number of piperidine rings is 1. The van der Waals surface area contributed by atoms with E-state index < -0.39 is 6.10 Å². The Hall–Kier alpha value is -3.96. The van der Waals surface area contributed by atoms with Crippen molar-refractivity contribution in [3.8, 4) is 18.1 Å². The second-order valence-corrected chi connectivity index (χ2v) is 7.88. The second kappa shape index (κ2) is 13.1. The number of hydrogen-bond donors (Lipinski definition) is 2. The zero-order valence-corrected chi connectivity index (χ0v) is 21.3. The molecule has 0 radical (unpaired) electrons. The van der Waals surface area contributed by atoms with Gasteiger partial charge < -0.3 is 21.2 Å². The molecule has 0 saturated carbocycles. The first-order chi connectivity index (χ1) is 16.9. The summed E-state index contributed by atoms with van der Waals surface area (Å²) in [5.74, 6) is 6.12. The third kappa shape index (κ3) is 6.55. The Balaban J connectivity index is 0.00000210. The van der Waals surface area contributed by atoms with E-state index in [-0.39, 0.29) is 6.04 Å². The van der Waals surface area contributed by atoms with Crippen LogP contribution in [0, 0.1) is 22.8 Å². The number of nitriles is 2. The topological polar surface area (TPSA) is 154 Å². The van der Waals surface area contributed by atoms with Gasteiger partial charge in [-0.25, -0.2) is 4.98 Å². The minimum absolute atomic E-state index is 0.0852. The maximum absolute atomic E-state index is 9.50. The van der Waals surface area contributed by atoms with Crippen molar-refractivity contribution < 1.29 is 4.74 Å². The van der Waals surface area contributed by atoms with Crippen molar-refractivity contribution in [3.05, 3.63) is 41.4 Å². The molecule has 0 amide bonds. The Labute approximate surface area is 211 Å². The van der Waals surface area contributed by atoms with Crippen LogP contribution < -0.4 is 16.3 Å². The van der Waals surface area contributed by atoms with Gasteiger partial charge in [-0.3, -0.25) is 9.39 Å². The summed E-state index contributed by atoms with van der Waals surface area (Å²) in [6, 6.07) is 5.71. The number of allylic oxidation sites excluding steroid dienone is 1. The number of ether oxygens (including phenoxy) is 1. The van der Waals surface area contributed by atoms with Gasteiger partial charge in [-0.15, -0.1) is 0 Å². The molecule has 0 spiro atoms. The highest BCUT2D eigenvalue weighted by Crippen LogP contribution is 2.23. The van der Waals surface area contributed by atoms with Gasteiger partial charge in [0.05, 0.1) is 18.0 Å². The molecule has 1 fully saturated rings. The van der Waals surface area contributed by atoms with E-state index in [9.17, 15) is 5.26 Å². The first-order valence-electron chi connectivity index (χ1n) is 11.4. The number of likely N-dealkylation sites (tertiary alicyclic amines) is 1. The zero-order chi connectivity index (χ0) is 26.0. The van der Waals surface area contributed by atoms with E-state index in [4.69, 9.17) is 38.8 Å². The van der Waals surface area contributed by atoms with E-state index in [2.05, 4.69) is 22.3 Å². The largest absolute Gasteiger partial charge is 0.469 e. The molecule has 1 saturated heterocycles. The molecule has 2 aromatic heterocycles. The number of imidazole rings is 1. The van der Waals surface area contributed by atoms with Gasteiger partial charge in [0, 0.05) is 35.8 Å². The predicted octanol–water partition coefficient (Wildman–Crippen LogP) is 2.91. The summed E-state index contributed by atoms with van der Waals surface area (Å²) in [4.78, 5) is 10.9. The van der Waals surface area contributed by atoms with Crippen molar-refractivity contribution in [1.82, 2.24) is 14.3 Å². The molecule has 3 rings (SSSR count). The van der Waals surface area contributed by atoms with Gasteiger partial charge in [-0.05, 0) is 38.8 Å². The highest BCUT2D eigenvalue weighted by molar-refractivity contribution is 7.79. The molecule has 1 aliphatic rings. The number of fused-ring (bicyclic) bond motifs is 1. The van der Waals surface area contributed by atoms with Crippen molar-refractivity contribution >= 4 is 34.7 Å². The number of aliphatic imine (C=N–C) groups is 1. The maximum atomic E-state index is 9.50. The molecule has 1 unspecified atom stereocenters. The lowest BCUT2D eigenvalue weighted by atomic mass is 10.0. The number of nitrogens with two attached hydrogens (primary N) is 2. The third-order valence-electron chi connectivity index (χ3n) is 5.44. The Morgan fingerprint density at radius 1 is 1.31 bits per heavy atom. The molecule has 0 aliphatic carbocycles. The average molecular weight is 494 g/mol. The molecule has 10 nitrogen and oxygen atoms in total.